The van der Waals surface area contributed by atoms with E-state index in [1.807, 2.05) is 0 Å². The minimum Gasteiger partial charge on any atom is -0.493 e. The molecule has 0 atom stereocenters. The number of carbonyl (C=O) groups excluding carboxylic acids is 1. The summed E-state index contributed by atoms with van der Waals surface area (Å²) < 4.78 is 11.8. The molecule has 7 heteroatoms. The number of nitrogens with zero attached hydrogens (tertiary/aromatic N) is 2. The molecule has 0 aliphatic carbocycles. The van der Waals surface area contributed by atoms with E-state index in [1.54, 1.807) is 37.6 Å². The molecule has 1 heterocycles. The van der Waals surface area contributed by atoms with Crippen LogP contribution in [0, 0.1) is 0 Å². The lowest BCUT2D eigenvalue weighted by atomic mass is 10.2. The van der Waals surface area contributed by atoms with Crippen molar-refractivity contribution in [2.45, 2.75) is 6.54 Å². The maximum Gasteiger partial charge on any atom is 0.246 e. The second kappa shape index (κ2) is 5.96. The van der Waals surface area contributed by atoms with E-state index >= 15 is 0 Å². The van der Waals surface area contributed by atoms with Crippen LogP contribution in [0.25, 0.3) is 0 Å². The zero-order valence-electron chi connectivity index (χ0n) is 11.3. The third-order valence-electron chi connectivity index (χ3n) is 2.63. The van der Waals surface area contributed by atoms with E-state index < -0.39 is 0 Å². The van der Waals surface area contributed by atoms with Gasteiger partial charge in [0.15, 0.2) is 11.5 Å². The van der Waals surface area contributed by atoms with Crippen LogP contribution >= 0.6 is 0 Å². The average Bonchev–Trinajstić information content (AvgIpc) is 2.83. The molecule has 0 saturated carbocycles. The Balaban J connectivity index is 2.04. The molecular weight excluding hydrogens is 260 g/mol. The van der Waals surface area contributed by atoms with Gasteiger partial charge < -0.3 is 20.5 Å². The Hall–Kier alpha value is -2.70. The number of aromatic nitrogens is 2. The number of benzene rings is 1. The zero-order chi connectivity index (χ0) is 14.5. The molecule has 20 heavy (non-hydrogen) atoms. The van der Waals surface area contributed by atoms with Gasteiger partial charge in [-0.25, -0.2) is 0 Å². The van der Waals surface area contributed by atoms with E-state index in [0.29, 0.717) is 23.0 Å². The summed E-state index contributed by atoms with van der Waals surface area (Å²) in [6.45, 7) is 0.0888. The summed E-state index contributed by atoms with van der Waals surface area (Å²) in [7, 11) is 3.09. The van der Waals surface area contributed by atoms with E-state index in [1.165, 1.54) is 11.8 Å². The average molecular weight is 276 g/mol. The van der Waals surface area contributed by atoms with Gasteiger partial charge in [-0.1, -0.05) is 0 Å². The quantitative estimate of drug-likeness (QED) is 0.854. The number of hydrogen-bond acceptors (Lipinski definition) is 5. The summed E-state index contributed by atoms with van der Waals surface area (Å²) in [6, 6.07) is 6.77. The molecule has 0 saturated heterocycles. The van der Waals surface area contributed by atoms with Gasteiger partial charge in [0.1, 0.15) is 12.4 Å². The number of nitrogen functional groups attached to an aromatic ring is 1. The van der Waals surface area contributed by atoms with Crippen molar-refractivity contribution in [3.8, 4) is 11.5 Å². The molecule has 0 bridgehead atoms. The largest absolute Gasteiger partial charge is 0.493 e. The molecule has 7 nitrogen and oxygen atoms in total. The number of hydrogen-bond donors (Lipinski definition) is 2. The monoisotopic (exact) mass is 276 g/mol. The first-order valence-electron chi connectivity index (χ1n) is 5.93. The maximum atomic E-state index is 11.9. The van der Waals surface area contributed by atoms with Gasteiger partial charge in [0.05, 0.1) is 14.2 Å². The Morgan fingerprint density at radius 3 is 2.65 bits per heavy atom. The number of carbonyl (C=O) groups is 1. The summed E-state index contributed by atoms with van der Waals surface area (Å²) in [5.74, 6) is 1.32. The van der Waals surface area contributed by atoms with Gasteiger partial charge in [-0.05, 0) is 18.2 Å². The molecule has 3 N–H and O–H groups in total. The Morgan fingerprint density at radius 1 is 1.30 bits per heavy atom. The van der Waals surface area contributed by atoms with Crippen molar-refractivity contribution in [3.05, 3.63) is 30.5 Å². The number of nitrogens with one attached hydrogen (secondary N) is 1. The van der Waals surface area contributed by atoms with E-state index in [9.17, 15) is 4.79 Å². The number of ether oxygens (including phenoxy) is 2. The summed E-state index contributed by atoms with van der Waals surface area (Å²) in [4.78, 5) is 11.9. The minimum absolute atomic E-state index is 0.0888. The highest BCUT2D eigenvalue weighted by Crippen LogP contribution is 2.29. The predicted octanol–water partition coefficient (Wildman–Crippen LogP) is 1.12. The second-order valence-corrected chi connectivity index (χ2v) is 4.06. The van der Waals surface area contributed by atoms with Gasteiger partial charge in [-0.3, -0.25) is 9.48 Å². The van der Waals surface area contributed by atoms with Crippen LogP contribution in [0.2, 0.25) is 0 Å². The van der Waals surface area contributed by atoms with Gasteiger partial charge in [0.25, 0.3) is 0 Å². The fraction of sp³-hybridized carbons (Fsp3) is 0.231. The topological polar surface area (TPSA) is 91.4 Å². The molecule has 1 aromatic carbocycles. The molecule has 0 spiro atoms. The van der Waals surface area contributed by atoms with Crippen LogP contribution in [0.1, 0.15) is 0 Å². The molecule has 106 valence electrons. The number of amides is 1. The number of nitrogens with two attached hydrogens (primary N) is 1. The number of methoxy groups -OCH3 is 2. The van der Waals surface area contributed by atoms with Gasteiger partial charge >= 0.3 is 0 Å². The fourth-order valence-electron chi connectivity index (χ4n) is 1.73. The molecule has 2 rings (SSSR count). The van der Waals surface area contributed by atoms with Crippen molar-refractivity contribution in [2.24, 2.45) is 0 Å². The van der Waals surface area contributed by atoms with Crippen LogP contribution in [0.15, 0.2) is 30.5 Å². The maximum absolute atomic E-state index is 11.9. The van der Waals surface area contributed by atoms with Gasteiger partial charge in [0, 0.05) is 18.0 Å². The molecule has 0 aliphatic heterocycles. The standard InChI is InChI=1S/C13H16N4O3/c1-19-10-4-3-9(7-11(10)20-2)15-13(18)8-17-6-5-12(14)16-17/h3-7H,8H2,1-2H3,(H2,14,16)(H,15,18). The lowest BCUT2D eigenvalue weighted by molar-refractivity contribution is -0.116. The highest BCUT2D eigenvalue weighted by molar-refractivity contribution is 5.90. The third-order valence-corrected chi connectivity index (χ3v) is 2.63. The van der Waals surface area contributed by atoms with Crippen molar-refractivity contribution in [1.29, 1.82) is 0 Å². The lowest BCUT2D eigenvalue weighted by Crippen LogP contribution is -2.19. The Kier molecular flexibility index (Phi) is 4.09. The molecule has 2 aromatic rings. The first-order valence-corrected chi connectivity index (χ1v) is 5.93. The number of anilines is 2. The predicted molar refractivity (Wildman–Crippen MR) is 74.8 cm³/mol. The lowest BCUT2D eigenvalue weighted by Gasteiger charge is -2.10. The highest BCUT2D eigenvalue weighted by Gasteiger charge is 2.08. The molecule has 0 radical (unpaired) electrons. The van der Waals surface area contributed by atoms with E-state index in [2.05, 4.69) is 10.4 Å². The van der Waals surface area contributed by atoms with E-state index in [4.69, 9.17) is 15.2 Å². The van der Waals surface area contributed by atoms with Crippen LogP contribution in [-0.4, -0.2) is 29.9 Å². The first kappa shape index (κ1) is 13.7. The van der Waals surface area contributed by atoms with E-state index in [-0.39, 0.29) is 12.5 Å². The van der Waals surface area contributed by atoms with Crippen LogP contribution in [-0.2, 0) is 11.3 Å². The van der Waals surface area contributed by atoms with Crippen LogP contribution in [0.5, 0.6) is 11.5 Å². The van der Waals surface area contributed by atoms with Crippen LogP contribution in [0.3, 0.4) is 0 Å². The van der Waals surface area contributed by atoms with Crippen molar-refractivity contribution in [1.82, 2.24) is 9.78 Å². The second-order valence-electron chi connectivity index (χ2n) is 4.06. The van der Waals surface area contributed by atoms with Gasteiger partial charge in [0.2, 0.25) is 5.91 Å². The molecular formula is C13H16N4O3. The molecule has 0 unspecified atom stereocenters. The van der Waals surface area contributed by atoms with Crippen molar-refractivity contribution in [2.75, 3.05) is 25.3 Å². The summed E-state index contributed by atoms with van der Waals surface area (Å²) in [5.41, 5.74) is 6.10. The molecule has 0 fully saturated rings. The van der Waals surface area contributed by atoms with Crippen LogP contribution < -0.4 is 20.5 Å². The Morgan fingerprint density at radius 2 is 2.05 bits per heavy atom. The summed E-state index contributed by atoms with van der Waals surface area (Å²) in [5, 5.41) is 6.69. The Labute approximate surface area is 116 Å². The highest BCUT2D eigenvalue weighted by atomic mass is 16.5. The molecule has 1 aromatic heterocycles. The van der Waals surface area contributed by atoms with Gasteiger partial charge in [-0.15, -0.1) is 0 Å². The fourth-order valence-corrected chi connectivity index (χ4v) is 1.73. The smallest absolute Gasteiger partial charge is 0.246 e. The van der Waals surface area contributed by atoms with Crippen LogP contribution in [0.4, 0.5) is 11.5 Å². The van der Waals surface area contributed by atoms with Crippen molar-refractivity contribution in [3.63, 3.8) is 0 Å². The first-order chi connectivity index (χ1) is 9.62. The Bertz CT molecular complexity index is 609. The number of rotatable bonds is 5. The summed E-state index contributed by atoms with van der Waals surface area (Å²) in [6.07, 6.45) is 1.64. The molecule has 1 amide bonds. The third kappa shape index (κ3) is 3.19. The SMILES string of the molecule is COc1ccc(NC(=O)Cn2ccc(N)n2)cc1OC. The van der Waals surface area contributed by atoms with Crippen molar-refractivity contribution >= 4 is 17.4 Å². The minimum atomic E-state index is -0.208. The van der Waals surface area contributed by atoms with E-state index in [0.717, 1.165) is 0 Å². The van der Waals surface area contributed by atoms with Gasteiger partial charge in [-0.2, -0.15) is 5.10 Å². The molecule has 0 aliphatic rings. The van der Waals surface area contributed by atoms with Crippen molar-refractivity contribution < 1.29 is 14.3 Å². The summed E-state index contributed by atoms with van der Waals surface area (Å²) >= 11 is 0. The zero-order valence-corrected chi connectivity index (χ0v) is 11.3. The normalized spacial score (nSPS) is 10.1.